The van der Waals surface area contributed by atoms with Crippen LogP contribution in [-0.4, -0.2) is 40.8 Å². The van der Waals surface area contributed by atoms with Gasteiger partial charge in [-0.3, -0.25) is 4.98 Å². The lowest BCUT2D eigenvalue weighted by Crippen LogP contribution is -2.25. The number of nitrogens with zero attached hydrogens (tertiary/aromatic N) is 1. The fraction of sp³-hybridized carbons (Fsp3) is 0.240. The maximum atomic E-state index is 12.7. The lowest BCUT2D eigenvalue weighted by Gasteiger charge is -2.13. The van der Waals surface area contributed by atoms with Crippen molar-refractivity contribution < 1.29 is 27.0 Å². The molecule has 0 radical (unpaired) electrons. The standard InChI is InChI=1S/C25H24N2O6S/c1-30-22-12-16(13-23(31-2)25(22)32-3)21-14-20-24(33-21)19(9-10-26-20)15-5-4-6-18(11-15)34(28,29)27-17-7-8-17/h4-6,9-14,17,27H,7-8H2,1-3H3. The molecule has 1 aliphatic carbocycles. The number of methoxy groups -OCH3 is 3. The fourth-order valence-electron chi connectivity index (χ4n) is 3.85. The molecule has 1 aliphatic rings. The molecule has 0 aliphatic heterocycles. The second-order valence-electron chi connectivity index (χ2n) is 8.02. The maximum Gasteiger partial charge on any atom is 0.240 e. The van der Waals surface area contributed by atoms with Crippen molar-refractivity contribution in [1.82, 2.24) is 9.71 Å². The largest absolute Gasteiger partial charge is 0.493 e. The van der Waals surface area contributed by atoms with E-state index < -0.39 is 10.0 Å². The summed E-state index contributed by atoms with van der Waals surface area (Å²) in [4.78, 5) is 4.66. The van der Waals surface area contributed by atoms with E-state index in [2.05, 4.69) is 9.71 Å². The summed E-state index contributed by atoms with van der Waals surface area (Å²) in [5.41, 5.74) is 3.38. The van der Waals surface area contributed by atoms with E-state index >= 15 is 0 Å². The third-order valence-electron chi connectivity index (χ3n) is 5.72. The zero-order chi connectivity index (χ0) is 23.9. The summed E-state index contributed by atoms with van der Waals surface area (Å²) >= 11 is 0. The Morgan fingerprint density at radius 1 is 0.941 bits per heavy atom. The van der Waals surface area contributed by atoms with Gasteiger partial charge in [0.1, 0.15) is 11.3 Å². The van der Waals surface area contributed by atoms with E-state index in [1.807, 2.05) is 18.2 Å². The molecule has 2 heterocycles. The van der Waals surface area contributed by atoms with Crippen LogP contribution < -0.4 is 18.9 Å². The third-order valence-corrected chi connectivity index (χ3v) is 7.23. The van der Waals surface area contributed by atoms with Crippen LogP contribution in [0.1, 0.15) is 12.8 Å². The van der Waals surface area contributed by atoms with Crippen molar-refractivity contribution in [2.45, 2.75) is 23.8 Å². The molecule has 0 unspecified atom stereocenters. The van der Waals surface area contributed by atoms with E-state index in [1.165, 1.54) is 0 Å². The molecule has 5 rings (SSSR count). The number of furan rings is 1. The minimum Gasteiger partial charge on any atom is -0.493 e. The quantitative estimate of drug-likeness (QED) is 0.392. The highest BCUT2D eigenvalue weighted by Gasteiger charge is 2.28. The zero-order valence-electron chi connectivity index (χ0n) is 19.0. The zero-order valence-corrected chi connectivity index (χ0v) is 19.8. The maximum absolute atomic E-state index is 12.7. The first-order chi connectivity index (χ1) is 16.4. The van der Waals surface area contributed by atoms with E-state index in [0.29, 0.717) is 34.1 Å². The number of hydrogen-bond acceptors (Lipinski definition) is 7. The van der Waals surface area contributed by atoms with Crippen LogP contribution in [0.15, 0.2) is 64.0 Å². The molecule has 1 saturated carbocycles. The van der Waals surface area contributed by atoms with Gasteiger partial charge < -0.3 is 18.6 Å². The molecule has 0 saturated heterocycles. The molecule has 0 bridgehead atoms. The molecule has 2 aromatic heterocycles. The summed E-state index contributed by atoms with van der Waals surface area (Å²) in [6.45, 7) is 0. The summed E-state index contributed by atoms with van der Waals surface area (Å²) in [5, 5.41) is 0. The topological polar surface area (TPSA) is 99.9 Å². The number of nitrogens with one attached hydrogen (secondary N) is 1. The molecule has 1 fully saturated rings. The van der Waals surface area contributed by atoms with Crippen LogP contribution in [-0.2, 0) is 10.0 Å². The Bertz CT molecular complexity index is 1450. The van der Waals surface area contributed by atoms with E-state index in [0.717, 1.165) is 29.5 Å². The Kier molecular flexibility index (Phi) is 5.66. The highest BCUT2D eigenvalue weighted by atomic mass is 32.2. The number of pyridine rings is 1. The second-order valence-corrected chi connectivity index (χ2v) is 9.73. The first-order valence-corrected chi connectivity index (χ1v) is 12.2. The minimum atomic E-state index is -3.58. The molecule has 34 heavy (non-hydrogen) atoms. The molecule has 9 heteroatoms. The van der Waals surface area contributed by atoms with Crippen molar-refractivity contribution in [2.24, 2.45) is 0 Å². The van der Waals surface area contributed by atoms with Crippen molar-refractivity contribution in [3.63, 3.8) is 0 Å². The van der Waals surface area contributed by atoms with Gasteiger partial charge in [-0.2, -0.15) is 0 Å². The summed E-state index contributed by atoms with van der Waals surface area (Å²) in [7, 11) is 1.08. The second kappa shape index (κ2) is 8.66. The van der Waals surface area contributed by atoms with Gasteiger partial charge >= 0.3 is 0 Å². The minimum absolute atomic E-state index is 0.0346. The summed E-state index contributed by atoms with van der Waals surface area (Å²) in [6.07, 6.45) is 3.43. The van der Waals surface area contributed by atoms with Crippen LogP contribution >= 0.6 is 0 Å². The lowest BCUT2D eigenvalue weighted by atomic mass is 10.1. The van der Waals surface area contributed by atoms with Crippen LogP contribution in [0.3, 0.4) is 0 Å². The number of ether oxygens (including phenoxy) is 3. The molecule has 0 spiro atoms. The molecule has 1 N–H and O–H groups in total. The molecular formula is C25H24N2O6S. The molecule has 0 amide bonds. The normalized spacial score (nSPS) is 13.7. The van der Waals surface area contributed by atoms with Gasteiger partial charge in [0, 0.05) is 29.4 Å². The number of hydrogen-bond donors (Lipinski definition) is 1. The van der Waals surface area contributed by atoms with Gasteiger partial charge in [0.15, 0.2) is 17.1 Å². The summed E-state index contributed by atoms with van der Waals surface area (Å²) in [6, 6.07) is 14.1. The molecule has 8 nitrogen and oxygen atoms in total. The average Bonchev–Trinajstić information content (AvgIpc) is 3.55. The molecule has 4 aromatic rings. The van der Waals surface area contributed by atoms with Gasteiger partial charge in [-0.1, -0.05) is 12.1 Å². The molecule has 176 valence electrons. The van der Waals surface area contributed by atoms with Gasteiger partial charge in [0.2, 0.25) is 15.8 Å². The Hall–Kier alpha value is -3.56. The highest BCUT2D eigenvalue weighted by Crippen LogP contribution is 2.43. The van der Waals surface area contributed by atoms with E-state index in [1.54, 1.807) is 57.9 Å². The van der Waals surface area contributed by atoms with Gasteiger partial charge in [-0.15, -0.1) is 0 Å². The van der Waals surface area contributed by atoms with Gasteiger partial charge in [-0.25, -0.2) is 13.1 Å². The van der Waals surface area contributed by atoms with Gasteiger partial charge in [0.25, 0.3) is 0 Å². The Morgan fingerprint density at radius 3 is 2.32 bits per heavy atom. The Balaban J connectivity index is 1.59. The number of aromatic nitrogens is 1. The van der Waals surface area contributed by atoms with Crippen molar-refractivity contribution in [3.8, 4) is 39.7 Å². The van der Waals surface area contributed by atoms with Crippen LogP contribution in [0.4, 0.5) is 0 Å². The first-order valence-electron chi connectivity index (χ1n) is 10.7. The van der Waals surface area contributed by atoms with Gasteiger partial charge in [0.05, 0.1) is 26.2 Å². The number of rotatable bonds is 8. The third kappa shape index (κ3) is 4.08. The lowest BCUT2D eigenvalue weighted by molar-refractivity contribution is 0.324. The number of benzene rings is 2. The smallest absolute Gasteiger partial charge is 0.240 e. The number of sulfonamides is 1. The molecule has 2 aromatic carbocycles. The summed E-state index contributed by atoms with van der Waals surface area (Å²) < 4.78 is 50.7. The van der Waals surface area contributed by atoms with Crippen LogP contribution in [0, 0.1) is 0 Å². The first kappa shape index (κ1) is 22.2. The van der Waals surface area contributed by atoms with Crippen molar-refractivity contribution in [1.29, 1.82) is 0 Å². The molecular weight excluding hydrogens is 456 g/mol. The van der Waals surface area contributed by atoms with Gasteiger partial charge in [-0.05, 0) is 48.7 Å². The van der Waals surface area contributed by atoms with Crippen molar-refractivity contribution >= 4 is 21.1 Å². The van der Waals surface area contributed by atoms with E-state index in [4.69, 9.17) is 18.6 Å². The average molecular weight is 481 g/mol. The number of fused-ring (bicyclic) bond motifs is 1. The van der Waals surface area contributed by atoms with Crippen molar-refractivity contribution in [2.75, 3.05) is 21.3 Å². The Morgan fingerprint density at radius 2 is 1.68 bits per heavy atom. The predicted octanol–water partition coefficient (Wildman–Crippen LogP) is 4.63. The summed E-state index contributed by atoms with van der Waals surface area (Å²) in [5.74, 6) is 2.06. The highest BCUT2D eigenvalue weighted by molar-refractivity contribution is 7.89. The Labute approximate surface area is 197 Å². The van der Waals surface area contributed by atoms with E-state index in [-0.39, 0.29) is 10.9 Å². The van der Waals surface area contributed by atoms with Crippen LogP contribution in [0.2, 0.25) is 0 Å². The fourth-order valence-corrected chi connectivity index (χ4v) is 5.20. The predicted molar refractivity (Wildman–Crippen MR) is 128 cm³/mol. The SMILES string of the molecule is COc1cc(-c2cc3nccc(-c4cccc(S(=O)(=O)NC5CC5)c4)c3o2)cc(OC)c1OC. The van der Waals surface area contributed by atoms with Crippen LogP contribution in [0.25, 0.3) is 33.6 Å². The monoisotopic (exact) mass is 480 g/mol. The van der Waals surface area contributed by atoms with Crippen molar-refractivity contribution in [3.05, 3.63) is 54.7 Å². The molecule has 0 atom stereocenters. The van der Waals surface area contributed by atoms with Crippen LogP contribution in [0.5, 0.6) is 17.2 Å². The van der Waals surface area contributed by atoms with E-state index in [9.17, 15) is 8.42 Å².